The van der Waals surface area contributed by atoms with Crippen LogP contribution in [0.2, 0.25) is 0 Å². The van der Waals surface area contributed by atoms with Crippen molar-refractivity contribution in [2.75, 3.05) is 5.75 Å². The van der Waals surface area contributed by atoms with Gasteiger partial charge in [-0.05, 0) is 25.3 Å². The van der Waals surface area contributed by atoms with Crippen LogP contribution in [-0.4, -0.2) is 20.4 Å². The normalized spacial score (nSPS) is 11.6. The molecule has 0 aliphatic heterocycles. The van der Waals surface area contributed by atoms with Crippen molar-refractivity contribution in [2.24, 2.45) is 5.41 Å². The molecule has 1 N–H and O–H groups in total. The van der Waals surface area contributed by atoms with Crippen LogP contribution in [0.4, 0.5) is 0 Å². The Balaban J connectivity index is 2.15. The van der Waals surface area contributed by atoms with Crippen LogP contribution in [0.1, 0.15) is 59.3 Å². The third-order valence-corrected chi connectivity index (χ3v) is 5.40. The minimum atomic E-state index is -0.200. The van der Waals surface area contributed by atoms with E-state index in [2.05, 4.69) is 11.9 Å². The highest BCUT2D eigenvalue weighted by molar-refractivity contribution is 8.13. The molecule has 130 valence electrons. The molecule has 1 heterocycles. The van der Waals surface area contributed by atoms with Crippen molar-refractivity contribution >= 4 is 29.1 Å². The van der Waals surface area contributed by atoms with Gasteiger partial charge in [-0.25, -0.2) is 4.79 Å². The zero-order valence-corrected chi connectivity index (χ0v) is 16.0. The first-order valence-corrected chi connectivity index (χ1v) is 9.73. The van der Waals surface area contributed by atoms with E-state index in [0.29, 0.717) is 16.3 Å². The van der Waals surface area contributed by atoms with Gasteiger partial charge in [-0.15, -0.1) is 0 Å². The highest BCUT2D eigenvalue weighted by atomic mass is 32.2. The van der Waals surface area contributed by atoms with Crippen molar-refractivity contribution in [2.45, 2.75) is 65.8 Å². The molecule has 0 aromatic carbocycles. The number of thioether (sulfide) groups is 1. The largest absolute Gasteiger partial charge is 0.326 e. The van der Waals surface area contributed by atoms with E-state index in [1.807, 2.05) is 13.8 Å². The summed E-state index contributed by atoms with van der Waals surface area (Å²) < 4.78 is 2.13. The number of H-pyrrole nitrogens is 1. The second-order valence-electron chi connectivity index (χ2n) is 6.49. The number of carbonyl (C=O) groups excluding carboxylic acids is 1. The first-order valence-electron chi connectivity index (χ1n) is 8.34. The van der Waals surface area contributed by atoms with E-state index in [0.717, 1.165) is 44.3 Å². The predicted molar refractivity (Wildman–Crippen MR) is 101 cm³/mol. The molecule has 1 rings (SSSR count). The lowest BCUT2D eigenvalue weighted by molar-refractivity contribution is -0.118. The van der Waals surface area contributed by atoms with Crippen LogP contribution in [0.15, 0.2) is 17.1 Å². The van der Waals surface area contributed by atoms with E-state index < -0.39 is 0 Å². The summed E-state index contributed by atoms with van der Waals surface area (Å²) >= 11 is 6.38. The van der Waals surface area contributed by atoms with Gasteiger partial charge < -0.3 is 4.57 Å². The van der Waals surface area contributed by atoms with E-state index in [4.69, 9.17) is 12.2 Å². The molecule has 6 heteroatoms. The zero-order chi connectivity index (χ0) is 17.3. The summed E-state index contributed by atoms with van der Waals surface area (Å²) in [7, 11) is 0. The number of nitrogens with one attached hydrogen (secondary N) is 1. The van der Waals surface area contributed by atoms with Crippen molar-refractivity contribution in [1.29, 1.82) is 0 Å². The first-order chi connectivity index (χ1) is 10.9. The van der Waals surface area contributed by atoms with Crippen molar-refractivity contribution in [1.82, 2.24) is 9.55 Å². The number of unbranched alkanes of at least 4 members (excludes halogenated alkanes) is 3. The highest BCUT2D eigenvalue weighted by Gasteiger charge is 2.26. The number of hydrogen-bond donors (Lipinski definition) is 1. The van der Waals surface area contributed by atoms with E-state index in [1.165, 1.54) is 11.8 Å². The van der Waals surface area contributed by atoms with Gasteiger partial charge in [0.1, 0.15) is 4.64 Å². The maximum absolute atomic E-state index is 12.1. The van der Waals surface area contributed by atoms with Gasteiger partial charge >= 0.3 is 5.69 Å². The number of rotatable bonds is 10. The van der Waals surface area contributed by atoms with Crippen LogP contribution in [0.5, 0.6) is 0 Å². The molecule has 0 amide bonds. The lowest BCUT2D eigenvalue weighted by Crippen LogP contribution is -2.22. The minimum absolute atomic E-state index is 0.142. The molecule has 4 nitrogen and oxygen atoms in total. The number of carbonyl (C=O) groups is 1. The molecule has 0 atom stereocenters. The standard InChI is InChI=1S/C17H28N2O2S2/c1-4-10-17(2,3)15(20)23-13-8-6-5-7-11-19-12-9-14(22)18-16(19)21/h9,12H,4-8,10-11,13H2,1-3H3,(H,18,21,22). The Morgan fingerprint density at radius 3 is 2.65 bits per heavy atom. The summed E-state index contributed by atoms with van der Waals surface area (Å²) in [5.41, 5.74) is -0.342. The molecular weight excluding hydrogens is 328 g/mol. The fraction of sp³-hybridized carbons (Fsp3) is 0.706. The number of aryl methyl sites for hydroxylation is 1. The Kier molecular flexibility index (Phi) is 8.84. The van der Waals surface area contributed by atoms with Crippen LogP contribution in [-0.2, 0) is 11.3 Å². The molecule has 1 aromatic rings. The predicted octanol–water partition coefficient (Wildman–Crippen LogP) is 4.55. The summed E-state index contributed by atoms with van der Waals surface area (Å²) in [4.78, 5) is 26.4. The van der Waals surface area contributed by atoms with Crippen LogP contribution >= 0.6 is 24.0 Å². The van der Waals surface area contributed by atoms with Crippen LogP contribution in [0.3, 0.4) is 0 Å². The SMILES string of the molecule is CCCC(C)(C)C(=O)SCCCCCCn1ccc(=S)[nH]c1=O. The molecule has 0 saturated heterocycles. The van der Waals surface area contributed by atoms with Gasteiger partial charge in [-0.3, -0.25) is 9.78 Å². The molecule has 0 aliphatic rings. The quantitative estimate of drug-likeness (QED) is 0.493. The molecule has 0 fully saturated rings. The molecule has 0 unspecified atom stereocenters. The van der Waals surface area contributed by atoms with E-state index in [9.17, 15) is 9.59 Å². The van der Waals surface area contributed by atoms with E-state index in [-0.39, 0.29) is 11.1 Å². The summed E-state index contributed by atoms with van der Waals surface area (Å²) in [6.07, 6.45) is 7.90. The Bertz CT molecular complexity index is 605. The topological polar surface area (TPSA) is 54.9 Å². The van der Waals surface area contributed by atoms with Crippen molar-refractivity contribution in [3.8, 4) is 0 Å². The van der Waals surface area contributed by atoms with Gasteiger partial charge in [0.2, 0.25) is 0 Å². The van der Waals surface area contributed by atoms with Gasteiger partial charge in [0.25, 0.3) is 0 Å². The third kappa shape index (κ3) is 7.48. The maximum atomic E-state index is 12.1. The van der Waals surface area contributed by atoms with Crippen LogP contribution in [0, 0.1) is 10.1 Å². The van der Waals surface area contributed by atoms with Gasteiger partial charge in [0, 0.05) is 23.9 Å². The fourth-order valence-electron chi connectivity index (χ4n) is 2.45. The van der Waals surface area contributed by atoms with Crippen molar-refractivity contribution in [3.05, 3.63) is 27.4 Å². The summed E-state index contributed by atoms with van der Waals surface area (Å²) in [6.45, 7) is 6.90. The molecule has 23 heavy (non-hydrogen) atoms. The fourth-order valence-corrected chi connectivity index (χ4v) is 3.62. The number of nitrogens with zero attached hydrogens (tertiary/aromatic N) is 1. The Morgan fingerprint density at radius 1 is 1.30 bits per heavy atom. The average Bonchev–Trinajstić information content (AvgIpc) is 2.47. The van der Waals surface area contributed by atoms with Gasteiger partial charge in [0.05, 0.1) is 0 Å². The average molecular weight is 357 g/mol. The van der Waals surface area contributed by atoms with Crippen LogP contribution < -0.4 is 5.69 Å². The monoisotopic (exact) mass is 356 g/mol. The van der Waals surface area contributed by atoms with E-state index in [1.54, 1.807) is 16.8 Å². The molecule has 0 saturated carbocycles. The summed E-state index contributed by atoms with van der Waals surface area (Å²) in [5.74, 6) is 0.893. The molecular formula is C17H28N2O2S2. The summed E-state index contributed by atoms with van der Waals surface area (Å²) in [5, 5.41) is 0.311. The highest BCUT2D eigenvalue weighted by Crippen LogP contribution is 2.29. The lowest BCUT2D eigenvalue weighted by atomic mass is 9.90. The van der Waals surface area contributed by atoms with Gasteiger partial charge in [-0.1, -0.05) is 64.0 Å². The Hall–Kier alpha value is -0.880. The van der Waals surface area contributed by atoms with Crippen molar-refractivity contribution in [3.63, 3.8) is 0 Å². The third-order valence-electron chi connectivity index (χ3n) is 3.85. The number of aromatic nitrogens is 2. The Morgan fingerprint density at radius 2 is 2.00 bits per heavy atom. The molecule has 0 aliphatic carbocycles. The molecule has 1 aromatic heterocycles. The second-order valence-corrected chi connectivity index (χ2v) is 8.00. The minimum Gasteiger partial charge on any atom is -0.301 e. The molecule has 0 radical (unpaired) electrons. The number of hydrogen-bond acceptors (Lipinski definition) is 4. The summed E-state index contributed by atoms with van der Waals surface area (Å²) in [6, 6.07) is 1.73. The molecule has 0 bridgehead atoms. The number of aromatic amines is 1. The smallest absolute Gasteiger partial charge is 0.301 e. The van der Waals surface area contributed by atoms with Crippen molar-refractivity contribution < 1.29 is 4.79 Å². The van der Waals surface area contributed by atoms with Gasteiger partial charge in [-0.2, -0.15) is 0 Å². The Labute approximate surface area is 148 Å². The first kappa shape index (κ1) is 20.2. The van der Waals surface area contributed by atoms with Gasteiger partial charge in [0.15, 0.2) is 5.12 Å². The van der Waals surface area contributed by atoms with E-state index >= 15 is 0 Å². The zero-order valence-electron chi connectivity index (χ0n) is 14.4. The maximum Gasteiger partial charge on any atom is 0.326 e. The molecule has 0 spiro atoms. The van der Waals surface area contributed by atoms with Crippen LogP contribution in [0.25, 0.3) is 0 Å². The lowest BCUT2D eigenvalue weighted by Gasteiger charge is -2.21. The second kappa shape index (κ2) is 10.1.